The maximum Gasteiger partial charge on any atom is 0.262 e. The summed E-state index contributed by atoms with van der Waals surface area (Å²) in [5.74, 6) is 0.374. The predicted molar refractivity (Wildman–Crippen MR) is 99.6 cm³/mol. The van der Waals surface area contributed by atoms with Crippen LogP contribution in [0.15, 0.2) is 53.3 Å². The van der Waals surface area contributed by atoms with Gasteiger partial charge in [-0.05, 0) is 24.6 Å². The molecule has 4 rings (SSSR count). The van der Waals surface area contributed by atoms with Crippen LogP contribution >= 0.6 is 0 Å². The summed E-state index contributed by atoms with van der Waals surface area (Å²) in [5.41, 5.74) is 8.27. The second-order valence-electron chi connectivity index (χ2n) is 6.54. The summed E-state index contributed by atoms with van der Waals surface area (Å²) in [6, 6.07) is 14.2. The van der Waals surface area contributed by atoms with Crippen molar-refractivity contribution in [1.82, 2.24) is 20.4 Å². The van der Waals surface area contributed by atoms with E-state index in [1.807, 2.05) is 56.3 Å². The van der Waals surface area contributed by atoms with Gasteiger partial charge in [-0.3, -0.25) is 19.6 Å². The quantitative estimate of drug-likeness (QED) is 0.761. The van der Waals surface area contributed by atoms with Crippen molar-refractivity contribution in [3.8, 4) is 0 Å². The number of nitrogens with zero attached hydrogens (tertiary/aromatic N) is 2. The Bertz CT molecular complexity index is 1040. The van der Waals surface area contributed by atoms with Gasteiger partial charge in [0.05, 0.1) is 16.9 Å². The van der Waals surface area contributed by atoms with Gasteiger partial charge in [0.15, 0.2) is 0 Å². The largest absolute Gasteiger partial charge is 0.289 e. The summed E-state index contributed by atoms with van der Waals surface area (Å²) in [5, 5.41) is 0.520. The average molecular weight is 348 g/mol. The van der Waals surface area contributed by atoms with Crippen LogP contribution in [0.25, 0.3) is 10.9 Å². The maximum absolute atomic E-state index is 13.2. The van der Waals surface area contributed by atoms with Crippen molar-refractivity contribution >= 4 is 16.8 Å². The lowest BCUT2D eigenvalue weighted by Gasteiger charge is -2.22. The van der Waals surface area contributed by atoms with Gasteiger partial charge in [-0.1, -0.05) is 48.9 Å². The molecule has 6 nitrogen and oxygen atoms in total. The van der Waals surface area contributed by atoms with Crippen LogP contribution in [-0.2, 0) is 11.2 Å². The van der Waals surface area contributed by atoms with Crippen molar-refractivity contribution in [2.24, 2.45) is 0 Å². The molecule has 1 amide bonds. The van der Waals surface area contributed by atoms with Crippen molar-refractivity contribution in [3.63, 3.8) is 0 Å². The standard InChI is InChI=1S/C20H20N4O2/c1-3-16-21-15-7-5-4-6-14(15)20(26)24(16)18-17(22-23-19(18)25)13-10-8-12(2)9-11-13/h4-11,17-18,22H,3H2,1-2H3,(H,23,25). The van der Waals surface area contributed by atoms with Gasteiger partial charge in [-0.25, -0.2) is 10.4 Å². The third kappa shape index (κ3) is 2.59. The average Bonchev–Trinajstić information content (AvgIpc) is 3.03. The Hall–Kier alpha value is -2.99. The Morgan fingerprint density at radius 3 is 2.54 bits per heavy atom. The predicted octanol–water partition coefficient (Wildman–Crippen LogP) is 2.18. The number of amides is 1. The van der Waals surface area contributed by atoms with E-state index in [0.29, 0.717) is 23.1 Å². The first-order valence-corrected chi connectivity index (χ1v) is 8.72. The van der Waals surface area contributed by atoms with E-state index in [2.05, 4.69) is 15.8 Å². The lowest BCUT2D eigenvalue weighted by atomic mass is 9.99. The molecule has 1 saturated heterocycles. The highest BCUT2D eigenvalue weighted by Gasteiger charge is 2.39. The van der Waals surface area contributed by atoms with Gasteiger partial charge in [0.1, 0.15) is 11.9 Å². The van der Waals surface area contributed by atoms with E-state index in [-0.39, 0.29) is 17.5 Å². The zero-order valence-corrected chi connectivity index (χ0v) is 14.7. The molecule has 0 spiro atoms. The molecule has 6 heteroatoms. The molecule has 2 unspecified atom stereocenters. The van der Waals surface area contributed by atoms with Gasteiger partial charge in [0.2, 0.25) is 0 Å². The molecule has 2 aromatic carbocycles. The Labute approximate surface area is 150 Å². The molecule has 1 fully saturated rings. The Kier molecular flexibility index (Phi) is 4.05. The highest BCUT2D eigenvalue weighted by atomic mass is 16.2. The SMILES string of the molecule is CCc1nc2ccccc2c(=O)n1C1C(=O)NNC1c1ccc(C)cc1. The topological polar surface area (TPSA) is 76.0 Å². The number of carbonyl (C=O) groups is 1. The summed E-state index contributed by atoms with van der Waals surface area (Å²) in [6.45, 7) is 3.95. The monoisotopic (exact) mass is 348 g/mol. The number of aryl methyl sites for hydroxylation is 2. The number of para-hydroxylation sites is 1. The number of aromatic nitrogens is 2. The summed E-state index contributed by atoms with van der Waals surface area (Å²) >= 11 is 0. The molecule has 1 aliphatic rings. The van der Waals surface area contributed by atoms with Crippen molar-refractivity contribution < 1.29 is 4.79 Å². The molecule has 0 saturated carbocycles. The van der Waals surface area contributed by atoms with Crippen LogP contribution in [0.1, 0.15) is 36.0 Å². The molecule has 1 aliphatic heterocycles. The fourth-order valence-electron chi connectivity index (χ4n) is 3.49. The van der Waals surface area contributed by atoms with E-state index in [1.54, 1.807) is 10.6 Å². The van der Waals surface area contributed by atoms with E-state index < -0.39 is 6.04 Å². The Morgan fingerprint density at radius 1 is 1.08 bits per heavy atom. The van der Waals surface area contributed by atoms with Gasteiger partial charge in [-0.15, -0.1) is 0 Å². The van der Waals surface area contributed by atoms with Gasteiger partial charge in [0, 0.05) is 6.42 Å². The van der Waals surface area contributed by atoms with Crippen LogP contribution in [0.5, 0.6) is 0 Å². The van der Waals surface area contributed by atoms with Crippen LogP contribution in [0.2, 0.25) is 0 Å². The summed E-state index contributed by atoms with van der Waals surface area (Å²) in [6.07, 6.45) is 0.560. The minimum atomic E-state index is -0.683. The normalized spacial score (nSPS) is 19.7. The van der Waals surface area contributed by atoms with Crippen molar-refractivity contribution in [2.75, 3.05) is 0 Å². The van der Waals surface area contributed by atoms with Crippen molar-refractivity contribution in [2.45, 2.75) is 32.4 Å². The molecule has 1 aromatic heterocycles. The number of fused-ring (bicyclic) bond motifs is 1. The molecular formula is C20H20N4O2. The molecule has 2 atom stereocenters. The first-order valence-electron chi connectivity index (χ1n) is 8.72. The molecule has 0 aliphatic carbocycles. The lowest BCUT2D eigenvalue weighted by Crippen LogP contribution is -2.35. The number of hydrogen-bond acceptors (Lipinski definition) is 4. The molecule has 2 heterocycles. The molecule has 132 valence electrons. The number of carbonyl (C=O) groups excluding carboxylic acids is 1. The third-order valence-corrected chi connectivity index (χ3v) is 4.85. The summed E-state index contributed by atoms with van der Waals surface area (Å²) < 4.78 is 1.54. The second-order valence-corrected chi connectivity index (χ2v) is 6.54. The first-order chi connectivity index (χ1) is 12.6. The van der Waals surface area contributed by atoms with Crippen LogP contribution < -0.4 is 16.4 Å². The maximum atomic E-state index is 13.2. The number of hydrogen-bond donors (Lipinski definition) is 2. The fraction of sp³-hybridized carbons (Fsp3) is 0.250. The van der Waals surface area contributed by atoms with Gasteiger partial charge < -0.3 is 0 Å². The molecule has 2 N–H and O–H groups in total. The first kappa shape index (κ1) is 16.5. The Morgan fingerprint density at radius 2 is 1.81 bits per heavy atom. The third-order valence-electron chi connectivity index (χ3n) is 4.85. The smallest absolute Gasteiger partial charge is 0.262 e. The number of hydrazine groups is 1. The zero-order valence-electron chi connectivity index (χ0n) is 14.7. The van der Waals surface area contributed by atoms with Gasteiger partial charge >= 0.3 is 0 Å². The molecule has 3 aromatic rings. The van der Waals surface area contributed by atoms with Crippen LogP contribution in [0.4, 0.5) is 0 Å². The lowest BCUT2D eigenvalue weighted by molar-refractivity contribution is -0.122. The van der Waals surface area contributed by atoms with E-state index in [9.17, 15) is 9.59 Å². The van der Waals surface area contributed by atoms with Crippen LogP contribution in [0.3, 0.4) is 0 Å². The van der Waals surface area contributed by atoms with Gasteiger partial charge in [0.25, 0.3) is 11.5 Å². The summed E-state index contributed by atoms with van der Waals surface area (Å²) in [4.78, 5) is 30.4. The van der Waals surface area contributed by atoms with Gasteiger partial charge in [-0.2, -0.15) is 0 Å². The molecule has 0 bridgehead atoms. The summed E-state index contributed by atoms with van der Waals surface area (Å²) in [7, 11) is 0. The minimum Gasteiger partial charge on any atom is -0.289 e. The number of nitrogens with one attached hydrogen (secondary N) is 2. The highest BCUT2D eigenvalue weighted by Crippen LogP contribution is 2.30. The zero-order chi connectivity index (χ0) is 18.3. The highest BCUT2D eigenvalue weighted by molar-refractivity contribution is 5.84. The van der Waals surface area contributed by atoms with E-state index in [4.69, 9.17) is 0 Å². The number of rotatable bonds is 3. The van der Waals surface area contributed by atoms with E-state index in [1.165, 1.54) is 0 Å². The molecular weight excluding hydrogens is 328 g/mol. The number of benzene rings is 2. The molecule has 26 heavy (non-hydrogen) atoms. The minimum absolute atomic E-state index is 0.187. The van der Waals surface area contributed by atoms with E-state index >= 15 is 0 Å². The fourth-order valence-corrected chi connectivity index (χ4v) is 3.49. The van der Waals surface area contributed by atoms with Crippen molar-refractivity contribution in [3.05, 3.63) is 75.8 Å². The Balaban J connectivity index is 1.91. The van der Waals surface area contributed by atoms with Crippen LogP contribution in [-0.4, -0.2) is 15.5 Å². The van der Waals surface area contributed by atoms with Crippen molar-refractivity contribution in [1.29, 1.82) is 0 Å². The van der Waals surface area contributed by atoms with E-state index in [0.717, 1.165) is 11.1 Å². The second kappa shape index (κ2) is 6.38. The molecule has 0 radical (unpaired) electrons. The van der Waals surface area contributed by atoms with Crippen LogP contribution in [0, 0.1) is 6.92 Å².